The van der Waals surface area contributed by atoms with Gasteiger partial charge in [-0.2, -0.15) is 13.2 Å². The van der Waals surface area contributed by atoms with Crippen molar-refractivity contribution < 1.29 is 31.5 Å². The second-order valence-corrected chi connectivity index (χ2v) is 9.47. The molecule has 2 amide bonds. The van der Waals surface area contributed by atoms with Crippen molar-refractivity contribution in [3.8, 4) is 0 Å². The molecule has 1 aromatic heterocycles. The van der Waals surface area contributed by atoms with Crippen LogP contribution < -0.4 is 5.32 Å². The van der Waals surface area contributed by atoms with Crippen molar-refractivity contribution in [1.29, 1.82) is 0 Å². The molecule has 11 heteroatoms. The molecule has 0 radical (unpaired) electrons. The summed E-state index contributed by atoms with van der Waals surface area (Å²) in [7, 11) is 0. The maximum Gasteiger partial charge on any atom is 0.433 e. The van der Waals surface area contributed by atoms with Gasteiger partial charge in [-0.25, -0.2) is 8.78 Å². The molecule has 3 fully saturated rings. The predicted molar refractivity (Wildman–Crippen MR) is 111 cm³/mol. The number of rotatable bonds is 5. The molecule has 2 heterocycles. The van der Waals surface area contributed by atoms with Gasteiger partial charge >= 0.3 is 6.18 Å². The van der Waals surface area contributed by atoms with E-state index in [0.717, 1.165) is 18.3 Å². The lowest BCUT2D eigenvalue weighted by molar-refractivity contribution is -0.141. The molecule has 0 unspecified atom stereocenters. The van der Waals surface area contributed by atoms with Gasteiger partial charge in [0.05, 0.1) is 11.1 Å². The number of carbonyl (C=O) groups excluding carboxylic acids is 2. The zero-order chi connectivity index (χ0) is 24.4. The zero-order valence-corrected chi connectivity index (χ0v) is 18.3. The minimum absolute atomic E-state index is 0.0252. The number of amides is 2. The van der Waals surface area contributed by atoms with Crippen molar-refractivity contribution in [3.05, 3.63) is 63.9 Å². The third-order valence-electron chi connectivity index (χ3n) is 6.70. The van der Waals surface area contributed by atoms with E-state index < -0.39 is 47.4 Å². The second-order valence-electron chi connectivity index (χ2n) is 9.07. The normalized spacial score (nSPS) is 24.5. The summed E-state index contributed by atoms with van der Waals surface area (Å²) in [5.41, 5.74) is -1.43. The van der Waals surface area contributed by atoms with E-state index in [2.05, 4.69) is 10.3 Å². The molecule has 34 heavy (non-hydrogen) atoms. The molecule has 2 aliphatic carbocycles. The maximum atomic E-state index is 14.6. The van der Waals surface area contributed by atoms with Gasteiger partial charge in [0.25, 0.3) is 5.91 Å². The van der Waals surface area contributed by atoms with E-state index in [4.69, 9.17) is 11.6 Å². The van der Waals surface area contributed by atoms with Gasteiger partial charge < -0.3 is 10.2 Å². The number of alkyl halides is 3. The largest absolute Gasteiger partial charge is 0.433 e. The topological polar surface area (TPSA) is 62.3 Å². The Kier molecular flexibility index (Phi) is 5.54. The molecule has 1 aliphatic heterocycles. The first-order valence-corrected chi connectivity index (χ1v) is 11.2. The lowest BCUT2D eigenvalue weighted by Crippen LogP contribution is -2.49. The fourth-order valence-corrected chi connectivity index (χ4v) is 4.91. The summed E-state index contributed by atoms with van der Waals surface area (Å²) in [6, 6.07) is 1.72. The van der Waals surface area contributed by atoms with Crippen molar-refractivity contribution in [2.45, 2.75) is 50.0 Å². The van der Waals surface area contributed by atoms with E-state index in [9.17, 15) is 31.5 Å². The van der Waals surface area contributed by atoms with E-state index in [0.29, 0.717) is 31.7 Å². The monoisotopic (exact) mass is 499 g/mol. The minimum atomic E-state index is -4.71. The van der Waals surface area contributed by atoms with Crippen LogP contribution in [0.3, 0.4) is 0 Å². The molecule has 2 aromatic rings. The number of likely N-dealkylation sites (tertiary alicyclic amines) is 1. The molecule has 3 aliphatic rings. The number of aromatic nitrogens is 1. The van der Waals surface area contributed by atoms with Gasteiger partial charge in [0.15, 0.2) is 0 Å². The maximum absolute atomic E-state index is 14.6. The summed E-state index contributed by atoms with van der Waals surface area (Å²) < 4.78 is 67.7. The van der Waals surface area contributed by atoms with Crippen molar-refractivity contribution in [1.82, 2.24) is 15.2 Å². The molecule has 1 N–H and O–H groups in total. The van der Waals surface area contributed by atoms with Crippen LogP contribution in [0.1, 0.15) is 53.3 Å². The summed E-state index contributed by atoms with van der Waals surface area (Å²) in [6.45, 7) is 0. The Morgan fingerprint density at radius 3 is 2.53 bits per heavy atom. The third-order valence-corrected chi connectivity index (χ3v) is 6.99. The minimum Gasteiger partial charge on any atom is -0.347 e. The molecule has 0 bridgehead atoms. The van der Waals surface area contributed by atoms with Gasteiger partial charge in [0, 0.05) is 23.4 Å². The Balaban J connectivity index is 1.38. The molecule has 5 rings (SSSR count). The molecule has 1 saturated heterocycles. The SMILES string of the molecule is O=C(N[C@@H](c1cc(F)c(Cl)cc1F)C1CC1)[C@H]1C[C@H]2C[C@H]2N1C(=O)c1ccnc(C(F)(F)F)c1. The molecule has 1 aromatic carbocycles. The number of hydrogen-bond donors (Lipinski definition) is 1. The summed E-state index contributed by atoms with van der Waals surface area (Å²) >= 11 is 5.65. The van der Waals surface area contributed by atoms with Gasteiger partial charge in [0.1, 0.15) is 23.4 Å². The summed E-state index contributed by atoms with van der Waals surface area (Å²) in [5.74, 6) is -2.80. The van der Waals surface area contributed by atoms with E-state index in [1.54, 1.807) is 0 Å². The first-order valence-electron chi connectivity index (χ1n) is 10.9. The first-order chi connectivity index (χ1) is 16.0. The average Bonchev–Trinajstić information content (AvgIpc) is 3.72. The van der Waals surface area contributed by atoms with E-state index in [-0.39, 0.29) is 34.0 Å². The molecular weight excluding hydrogens is 481 g/mol. The Labute approximate surface area is 196 Å². The van der Waals surface area contributed by atoms with Crippen LogP contribution in [0.25, 0.3) is 0 Å². The van der Waals surface area contributed by atoms with Crippen LogP contribution in [0.15, 0.2) is 30.5 Å². The Morgan fingerprint density at radius 2 is 1.85 bits per heavy atom. The van der Waals surface area contributed by atoms with E-state index >= 15 is 0 Å². The predicted octanol–water partition coefficient (Wildman–Crippen LogP) is 4.90. The average molecular weight is 500 g/mol. The summed E-state index contributed by atoms with van der Waals surface area (Å²) in [6.07, 6.45) is -1.36. The number of hydrogen-bond acceptors (Lipinski definition) is 3. The highest BCUT2D eigenvalue weighted by Gasteiger charge is 2.56. The quantitative estimate of drug-likeness (QED) is 0.470. The number of halogens is 6. The first kappa shape index (κ1) is 23.0. The van der Waals surface area contributed by atoms with Gasteiger partial charge in [-0.3, -0.25) is 14.6 Å². The van der Waals surface area contributed by atoms with Crippen LogP contribution in [0, 0.1) is 23.5 Å². The Hall–Kier alpha value is -2.75. The highest BCUT2D eigenvalue weighted by atomic mass is 35.5. The lowest BCUT2D eigenvalue weighted by Gasteiger charge is -2.29. The standard InChI is InChI=1S/C23H19ClF5N3O2/c24-14-9-15(25)13(8-16(14)26)20(10-1-2-10)31-21(33)18-6-12-5-17(12)32(18)22(34)11-3-4-30-19(7-11)23(27,28)29/h3-4,7-10,12,17-18,20H,1-2,5-6H2,(H,31,33)/t12-,17-,18-,20-/m1/s1. The van der Waals surface area contributed by atoms with Crippen molar-refractivity contribution >= 4 is 23.4 Å². The van der Waals surface area contributed by atoms with Crippen LogP contribution in [0.5, 0.6) is 0 Å². The molecular formula is C23H19ClF5N3O2. The van der Waals surface area contributed by atoms with Crippen LogP contribution in [0.2, 0.25) is 5.02 Å². The number of carbonyl (C=O) groups is 2. The molecule has 180 valence electrons. The molecule has 4 atom stereocenters. The number of nitrogens with zero attached hydrogens (tertiary/aromatic N) is 2. The van der Waals surface area contributed by atoms with Gasteiger partial charge in [0.2, 0.25) is 5.91 Å². The summed E-state index contributed by atoms with van der Waals surface area (Å²) in [4.78, 5) is 31.0. The number of benzene rings is 1. The smallest absolute Gasteiger partial charge is 0.347 e. The Morgan fingerprint density at radius 1 is 1.12 bits per heavy atom. The van der Waals surface area contributed by atoms with E-state index in [1.165, 1.54) is 11.0 Å². The van der Waals surface area contributed by atoms with Gasteiger partial charge in [-0.05, 0) is 61.8 Å². The van der Waals surface area contributed by atoms with Crippen molar-refractivity contribution in [3.63, 3.8) is 0 Å². The van der Waals surface area contributed by atoms with Gasteiger partial charge in [-0.1, -0.05) is 11.6 Å². The Bertz CT molecular complexity index is 1170. The highest BCUT2D eigenvalue weighted by molar-refractivity contribution is 6.30. The number of nitrogens with one attached hydrogen (secondary N) is 1. The number of pyridine rings is 1. The molecule has 5 nitrogen and oxygen atoms in total. The third kappa shape index (κ3) is 4.23. The second kappa shape index (κ2) is 8.18. The van der Waals surface area contributed by atoms with E-state index in [1.807, 2.05) is 0 Å². The highest BCUT2D eigenvalue weighted by Crippen LogP contribution is 2.49. The van der Waals surface area contributed by atoms with Crippen molar-refractivity contribution in [2.75, 3.05) is 0 Å². The molecule has 2 saturated carbocycles. The number of fused-ring (bicyclic) bond motifs is 1. The fourth-order valence-electron chi connectivity index (χ4n) is 4.76. The van der Waals surface area contributed by atoms with Gasteiger partial charge in [-0.15, -0.1) is 0 Å². The number of piperidine rings is 1. The zero-order valence-electron chi connectivity index (χ0n) is 17.6. The summed E-state index contributed by atoms with van der Waals surface area (Å²) in [5, 5.41) is 2.39. The molecule has 0 spiro atoms. The lowest BCUT2D eigenvalue weighted by atomic mass is 10.00. The van der Waals surface area contributed by atoms with Crippen molar-refractivity contribution in [2.24, 2.45) is 11.8 Å². The fraction of sp³-hybridized carbons (Fsp3) is 0.435. The van der Waals surface area contributed by atoms with Crippen LogP contribution in [0.4, 0.5) is 22.0 Å². The van der Waals surface area contributed by atoms with Crippen LogP contribution in [-0.2, 0) is 11.0 Å². The van der Waals surface area contributed by atoms with Crippen LogP contribution in [-0.4, -0.2) is 33.8 Å². The van der Waals surface area contributed by atoms with Crippen LogP contribution >= 0.6 is 11.6 Å².